The van der Waals surface area contributed by atoms with E-state index in [4.69, 9.17) is 5.11 Å². The minimum atomic E-state index is -0.642. The van der Waals surface area contributed by atoms with Crippen LogP contribution in [0.3, 0.4) is 0 Å². The van der Waals surface area contributed by atoms with Crippen molar-refractivity contribution in [3.05, 3.63) is 32.3 Å². The van der Waals surface area contributed by atoms with Gasteiger partial charge in [0, 0.05) is 12.1 Å². The predicted molar refractivity (Wildman–Crippen MR) is 47.8 cm³/mol. The molecule has 1 rings (SSSR count). The molecule has 0 aliphatic rings. The summed E-state index contributed by atoms with van der Waals surface area (Å²) in [5.74, 6) is -0.285. The van der Waals surface area contributed by atoms with Gasteiger partial charge in [-0.05, 0) is 15.9 Å². The first-order chi connectivity index (χ1) is 6.06. The Balaban J connectivity index is 3.38. The summed E-state index contributed by atoms with van der Waals surface area (Å²) in [6.07, 6.45) is 0.356. The summed E-state index contributed by atoms with van der Waals surface area (Å²) in [4.78, 5) is 20.1. The largest absolute Gasteiger partial charge is 0.507 e. The smallest absolute Gasteiger partial charge is 0.284 e. The lowest BCUT2D eigenvalue weighted by Gasteiger charge is -1.98. The van der Waals surface area contributed by atoms with Gasteiger partial charge in [-0.2, -0.15) is 0 Å². The number of hydrogen-bond donors (Lipinski definition) is 1. The van der Waals surface area contributed by atoms with Crippen LogP contribution in [-0.4, -0.2) is 16.3 Å². The zero-order valence-electron chi connectivity index (χ0n) is 6.23. The van der Waals surface area contributed by atoms with Crippen molar-refractivity contribution in [1.82, 2.24) is 0 Å². The number of carbonyl (C=O) groups excluding carboxylic acids is 1. The summed E-state index contributed by atoms with van der Waals surface area (Å²) in [5, 5.41) is 19.5. The molecule has 0 unspecified atom stereocenters. The average Bonchev–Trinajstić information content (AvgIpc) is 2.03. The van der Waals surface area contributed by atoms with Crippen molar-refractivity contribution in [3.63, 3.8) is 0 Å². The molecule has 0 heterocycles. The number of benzene rings is 1. The van der Waals surface area contributed by atoms with Crippen molar-refractivity contribution in [2.45, 2.75) is 0 Å². The van der Waals surface area contributed by atoms with Crippen molar-refractivity contribution in [2.24, 2.45) is 0 Å². The molecule has 0 bridgehead atoms. The van der Waals surface area contributed by atoms with Gasteiger partial charge in [0.1, 0.15) is 5.75 Å². The first kappa shape index (κ1) is 9.66. The van der Waals surface area contributed by atoms with Crippen molar-refractivity contribution in [1.29, 1.82) is 0 Å². The number of carbonyl (C=O) groups is 1. The quantitative estimate of drug-likeness (QED) is 0.490. The molecule has 1 aromatic carbocycles. The molecule has 0 aromatic heterocycles. The van der Waals surface area contributed by atoms with E-state index in [9.17, 15) is 14.9 Å². The third-order valence-corrected chi connectivity index (χ3v) is 2.05. The summed E-state index contributed by atoms with van der Waals surface area (Å²) in [5.41, 5.74) is -0.352. The SMILES string of the molecule is O=Cc1cc([N+](=O)[O-])c(Br)cc1O. The Bertz CT molecular complexity index is 377. The molecule has 13 heavy (non-hydrogen) atoms. The highest BCUT2D eigenvalue weighted by Crippen LogP contribution is 2.30. The number of aldehydes is 1. The summed E-state index contributed by atoms with van der Waals surface area (Å²) < 4.78 is 0.139. The lowest BCUT2D eigenvalue weighted by molar-refractivity contribution is -0.385. The molecule has 0 radical (unpaired) electrons. The molecular weight excluding hydrogens is 242 g/mol. The van der Waals surface area contributed by atoms with E-state index in [1.165, 1.54) is 0 Å². The van der Waals surface area contributed by atoms with E-state index in [1.54, 1.807) is 0 Å². The van der Waals surface area contributed by atoms with Crippen LogP contribution < -0.4 is 0 Å². The predicted octanol–water partition coefficient (Wildman–Crippen LogP) is 1.88. The van der Waals surface area contributed by atoms with Crippen molar-refractivity contribution in [3.8, 4) is 5.75 Å². The van der Waals surface area contributed by atoms with Crippen LogP contribution >= 0.6 is 15.9 Å². The number of hydrogen-bond acceptors (Lipinski definition) is 4. The van der Waals surface area contributed by atoms with Crippen LogP contribution in [0.4, 0.5) is 5.69 Å². The van der Waals surface area contributed by atoms with Gasteiger partial charge in [0.25, 0.3) is 5.69 Å². The maximum absolute atomic E-state index is 10.4. The lowest BCUT2D eigenvalue weighted by Crippen LogP contribution is -1.91. The molecule has 0 amide bonds. The summed E-state index contributed by atoms with van der Waals surface area (Å²) in [6.45, 7) is 0. The van der Waals surface area contributed by atoms with Crippen LogP contribution in [0.2, 0.25) is 0 Å². The molecule has 0 saturated heterocycles. The van der Waals surface area contributed by atoms with Gasteiger partial charge >= 0.3 is 0 Å². The highest BCUT2D eigenvalue weighted by Gasteiger charge is 2.15. The zero-order chi connectivity index (χ0) is 10.0. The van der Waals surface area contributed by atoms with E-state index in [2.05, 4.69) is 15.9 Å². The molecule has 0 aliphatic carbocycles. The molecule has 0 fully saturated rings. The first-order valence-electron chi connectivity index (χ1n) is 3.18. The molecular formula is C7H4BrNO4. The van der Waals surface area contributed by atoms with Crippen LogP contribution in [-0.2, 0) is 0 Å². The molecule has 1 aromatic rings. The number of nitrogens with zero attached hydrogens (tertiary/aromatic N) is 1. The number of phenols is 1. The van der Waals surface area contributed by atoms with Crippen LogP contribution in [0.5, 0.6) is 5.75 Å². The minimum Gasteiger partial charge on any atom is -0.507 e. The number of aromatic hydroxyl groups is 1. The third-order valence-electron chi connectivity index (χ3n) is 1.42. The van der Waals surface area contributed by atoms with Gasteiger partial charge in [-0.15, -0.1) is 0 Å². The van der Waals surface area contributed by atoms with E-state index in [0.29, 0.717) is 6.29 Å². The van der Waals surface area contributed by atoms with Gasteiger partial charge in [0.15, 0.2) is 6.29 Å². The Morgan fingerprint density at radius 1 is 1.54 bits per heavy atom. The van der Waals surface area contributed by atoms with Gasteiger partial charge < -0.3 is 5.11 Å². The second-order valence-electron chi connectivity index (χ2n) is 2.24. The van der Waals surface area contributed by atoms with Gasteiger partial charge in [0.05, 0.1) is 15.0 Å². The van der Waals surface area contributed by atoms with E-state index in [-0.39, 0.29) is 21.5 Å². The van der Waals surface area contributed by atoms with Gasteiger partial charge in [-0.1, -0.05) is 0 Å². The Morgan fingerprint density at radius 2 is 2.15 bits per heavy atom. The molecule has 6 heteroatoms. The van der Waals surface area contributed by atoms with Crippen LogP contribution in [0.15, 0.2) is 16.6 Å². The summed E-state index contributed by atoms with van der Waals surface area (Å²) >= 11 is 2.89. The van der Waals surface area contributed by atoms with Crippen LogP contribution in [0.1, 0.15) is 10.4 Å². The van der Waals surface area contributed by atoms with E-state index >= 15 is 0 Å². The van der Waals surface area contributed by atoms with Crippen LogP contribution in [0, 0.1) is 10.1 Å². The maximum atomic E-state index is 10.4. The maximum Gasteiger partial charge on any atom is 0.284 e. The van der Waals surface area contributed by atoms with E-state index in [0.717, 1.165) is 12.1 Å². The van der Waals surface area contributed by atoms with Crippen LogP contribution in [0.25, 0.3) is 0 Å². The van der Waals surface area contributed by atoms with Gasteiger partial charge in [-0.3, -0.25) is 14.9 Å². The number of nitro benzene ring substituents is 1. The third kappa shape index (κ3) is 1.83. The standard InChI is InChI=1S/C7H4BrNO4/c8-5-2-7(11)4(3-10)1-6(5)9(12)13/h1-3,11H. The van der Waals surface area contributed by atoms with Gasteiger partial charge in [-0.25, -0.2) is 0 Å². The highest BCUT2D eigenvalue weighted by atomic mass is 79.9. The van der Waals surface area contributed by atoms with Crippen molar-refractivity contribution in [2.75, 3.05) is 0 Å². The molecule has 5 nitrogen and oxygen atoms in total. The second kappa shape index (κ2) is 3.53. The zero-order valence-corrected chi connectivity index (χ0v) is 7.82. The topological polar surface area (TPSA) is 80.4 Å². The number of halogens is 1. The summed E-state index contributed by atoms with van der Waals surface area (Å²) in [7, 11) is 0. The minimum absolute atomic E-state index is 0.102. The fraction of sp³-hybridized carbons (Fsp3) is 0. The highest BCUT2D eigenvalue weighted by molar-refractivity contribution is 9.10. The fourth-order valence-corrected chi connectivity index (χ4v) is 1.28. The number of phenolic OH excluding ortho intramolecular Hbond substituents is 1. The van der Waals surface area contributed by atoms with E-state index in [1.807, 2.05) is 0 Å². The van der Waals surface area contributed by atoms with E-state index < -0.39 is 4.92 Å². The summed E-state index contributed by atoms with van der Waals surface area (Å²) in [6, 6.07) is 2.12. The van der Waals surface area contributed by atoms with Crippen molar-refractivity contribution >= 4 is 27.9 Å². The average molecular weight is 246 g/mol. The Morgan fingerprint density at radius 3 is 2.62 bits per heavy atom. The lowest BCUT2D eigenvalue weighted by atomic mass is 10.2. The molecule has 1 N–H and O–H groups in total. The first-order valence-corrected chi connectivity index (χ1v) is 3.97. The molecule has 68 valence electrons. The Kier molecular flexibility index (Phi) is 2.62. The second-order valence-corrected chi connectivity index (χ2v) is 3.09. The fourth-order valence-electron chi connectivity index (χ4n) is 0.802. The normalized spacial score (nSPS) is 9.62. The Labute approximate surface area is 81.3 Å². The monoisotopic (exact) mass is 245 g/mol. The molecule has 0 aliphatic heterocycles. The molecule has 0 saturated carbocycles. The Hall–Kier alpha value is -1.43. The number of nitro groups is 1. The molecule has 0 spiro atoms. The van der Waals surface area contributed by atoms with Gasteiger partial charge in [0.2, 0.25) is 0 Å². The molecule has 0 atom stereocenters. The van der Waals surface area contributed by atoms with Crippen molar-refractivity contribution < 1.29 is 14.8 Å². The number of rotatable bonds is 2.